The van der Waals surface area contributed by atoms with E-state index in [4.69, 9.17) is 9.47 Å². The highest BCUT2D eigenvalue weighted by Gasteiger charge is 2.35. The predicted octanol–water partition coefficient (Wildman–Crippen LogP) is 1.70. The molecule has 0 spiro atoms. The van der Waals surface area contributed by atoms with E-state index in [1.165, 1.54) is 20.8 Å². The van der Waals surface area contributed by atoms with E-state index in [0.29, 0.717) is 42.8 Å². The fraction of sp³-hybridized carbons (Fsp3) is 0.559. The zero-order valence-electron chi connectivity index (χ0n) is 27.9. The summed E-state index contributed by atoms with van der Waals surface area (Å²) in [6, 6.07) is 5.05. The Balaban J connectivity index is 1.29. The first-order valence-corrected chi connectivity index (χ1v) is 16.9. The number of piperazine rings is 1. The van der Waals surface area contributed by atoms with E-state index in [0.717, 1.165) is 18.4 Å². The number of ether oxygens (including phenoxy) is 2. The van der Waals surface area contributed by atoms with Gasteiger partial charge >= 0.3 is 12.1 Å². The van der Waals surface area contributed by atoms with Crippen LogP contribution in [0, 0.1) is 12.8 Å². The van der Waals surface area contributed by atoms with Crippen LogP contribution < -0.4 is 15.4 Å². The lowest BCUT2D eigenvalue weighted by atomic mass is 10.1. The van der Waals surface area contributed by atoms with Gasteiger partial charge in [0.15, 0.2) is 6.61 Å². The van der Waals surface area contributed by atoms with Gasteiger partial charge in [0, 0.05) is 57.1 Å². The number of hydrogen-bond donors (Lipinski definition) is 3. The summed E-state index contributed by atoms with van der Waals surface area (Å²) in [5, 5.41) is 15.5. The van der Waals surface area contributed by atoms with Gasteiger partial charge in [0.05, 0.1) is 12.1 Å². The molecule has 0 bridgehead atoms. The number of carboxylic acids is 1. The summed E-state index contributed by atoms with van der Waals surface area (Å²) in [7, 11) is 0. The van der Waals surface area contributed by atoms with Crippen LogP contribution in [0.3, 0.4) is 0 Å². The maximum atomic E-state index is 13.6. The van der Waals surface area contributed by atoms with Crippen molar-refractivity contribution in [2.45, 2.75) is 64.5 Å². The number of amides is 5. The van der Waals surface area contributed by atoms with Gasteiger partial charge in [-0.1, -0.05) is 6.07 Å². The van der Waals surface area contributed by atoms with Crippen molar-refractivity contribution >= 4 is 46.6 Å². The minimum Gasteiger partial charge on any atom is -0.483 e. The average molecular weight is 681 g/mol. The number of carboxylic acid groups (broad SMARTS) is 1. The Hall–Kier alpha value is -4.95. The Kier molecular flexibility index (Phi) is 11.5. The van der Waals surface area contributed by atoms with Crippen molar-refractivity contribution in [3.63, 3.8) is 0 Å². The van der Waals surface area contributed by atoms with Gasteiger partial charge in [-0.15, -0.1) is 0 Å². The summed E-state index contributed by atoms with van der Waals surface area (Å²) in [5.41, 5.74) is 1.21. The summed E-state index contributed by atoms with van der Waals surface area (Å²) >= 11 is 0. The molecule has 2 saturated heterocycles. The Bertz CT molecular complexity index is 1590. The van der Waals surface area contributed by atoms with Crippen molar-refractivity contribution in [3.8, 4) is 5.75 Å². The van der Waals surface area contributed by atoms with Gasteiger partial charge < -0.3 is 39.9 Å². The number of benzene rings is 1. The van der Waals surface area contributed by atoms with E-state index in [9.17, 15) is 33.9 Å². The van der Waals surface area contributed by atoms with Crippen molar-refractivity contribution in [1.82, 2.24) is 30.3 Å². The highest BCUT2D eigenvalue weighted by molar-refractivity contribution is 5.99. The molecule has 264 valence electrons. The van der Waals surface area contributed by atoms with Gasteiger partial charge in [-0.3, -0.25) is 24.0 Å². The summed E-state index contributed by atoms with van der Waals surface area (Å²) < 4.78 is 11.0. The van der Waals surface area contributed by atoms with Crippen LogP contribution in [0.2, 0.25) is 0 Å². The summed E-state index contributed by atoms with van der Waals surface area (Å²) in [6.45, 7) is 5.35. The molecule has 1 aliphatic carbocycles. The maximum absolute atomic E-state index is 13.6. The molecule has 1 aromatic carbocycles. The molecule has 3 fully saturated rings. The molecule has 15 nitrogen and oxygen atoms in total. The molecule has 5 amide bonds. The van der Waals surface area contributed by atoms with Crippen molar-refractivity contribution in [3.05, 3.63) is 35.5 Å². The van der Waals surface area contributed by atoms with Crippen LogP contribution in [0.15, 0.2) is 24.3 Å². The molecule has 3 heterocycles. The molecule has 2 unspecified atom stereocenters. The zero-order chi connectivity index (χ0) is 35.1. The first-order chi connectivity index (χ1) is 23.5. The van der Waals surface area contributed by atoms with Gasteiger partial charge in [0.2, 0.25) is 11.8 Å². The number of carbonyl (C=O) groups excluding carboxylic acids is 5. The monoisotopic (exact) mass is 680 g/mol. The molecule has 3 aliphatic rings. The SMILES string of the molecule is CCOC(=O)N1CCN(C(=O)C(CCC(=O)O)NC(=O)c2cc(OCC(=O)N3CCCC3C(=O)NCC3CC3)c3ccc(C)cc3n2)CC1. The Morgan fingerprint density at radius 2 is 1.73 bits per heavy atom. The molecule has 1 aromatic heterocycles. The molecule has 3 N–H and O–H groups in total. The van der Waals surface area contributed by atoms with Gasteiger partial charge in [0.1, 0.15) is 23.5 Å². The third kappa shape index (κ3) is 9.15. The second kappa shape index (κ2) is 16.0. The number of fused-ring (bicyclic) bond motifs is 1. The Morgan fingerprint density at radius 1 is 1.00 bits per heavy atom. The molecule has 2 atom stereocenters. The summed E-state index contributed by atoms with van der Waals surface area (Å²) in [6.07, 6.45) is 2.50. The minimum absolute atomic E-state index is 0.0840. The number of aliphatic carboxylic acids is 1. The normalized spacial score (nSPS) is 18.2. The number of nitrogens with zero attached hydrogens (tertiary/aromatic N) is 4. The number of pyridine rings is 1. The second-order valence-electron chi connectivity index (χ2n) is 12.7. The van der Waals surface area contributed by atoms with Gasteiger partial charge in [-0.25, -0.2) is 9.78 Å². The van der Waals surface area contributed by atoms with Crippen LogP contribution in [0.1, 0.15) is 61.5 Å². The molecule has 15 heteroatoms. The van der Waals surface area contributed by atoms with E-state index in [1.54, 1.807) is 19.1 Å². The van der Waals surface area contributed by atoms with E-state index in [-0.39, 0.29) is 75.5 Å². The van der Waals surface area contributed by atoms with E-state index >= 15 is 0 Å². The quantitative estimate of drug-likeness (QED) is 0.281. The van der Waals surface area contributed by atoms with Crippen molar-refractivity contribution in [2.75, 3.05) is 52.5 Å². The van der Waals surface area contributed by atoms with Gasteiger partial charge in [0.25, 0.3) is 11.8 Å². The third-order valence-electron chi connectivity index (χ3n) is 9.02. The number of likely N-dealkylation sites (tertiary alicyclic amines) is 1. The first-order valence-electron chi connectivity index (χ1n) is 16.9. The molecule has 2 aromatic rings. The standard InChI is InChI=1S/C34H44N6O9/c1-3-48-34(47)39-15-13-38(14-16-39)33(46)24(10-11-30(42)43)37-31(44)26-18-28(23-9-6-21(2)17-25(23)36-26)49-20-29(41)40-12-4-5-27(40)32(45)35-19-22-7-8-22/h6,9,17-18,22,24,27H,3-5,7-8,10-16,19-20H2,1-2H3,(H,35,45)(H,37,44)(H,42,43). The highest BCUT2D eigenvalue weighted by Crippen LogP contribution is 2.29. The molecule has 5 rings (SSSR count). The number of hydrogen-bond acceptors (Lipinski definition) is 9. The third-order valence-corrected chi connectivity index (χ3v) is 9.02. The first kappa shape index (κ1) is 35.4. The number of carbonyl (C=O) groups is 6. The van der Waals surface area contributed by atoms with Crippen molar-refractivity contribution in [2.24, 2.45) is 5.92 Å². The summed E-state index contributed by atoms with van der Waals surface area (Å²) in [4.78, 5) is 85.8. The van der Waals surface area contributed by atoms with Gasteiger partial charge in [-0.2, -0.15) is 0 Å². The lowest BCUT2D eigenvalue weighted by Gasteiger charge is -2.35. The van der Waals surface area contributed by atoms with Crippen LogP contribution in [0.4, 0.5) is 4.79 Å². The van der Waals surface area contributed by atoms with Crippen LogP contribution in [0.5, 0.6) is 5.75 Å². The zero-order valence-corrected chi connectivity index (χ0v) is 27.9. The predicted molar refractivity (Wildman–Crippen MR) is 176 cm³/mol. The average Bonchev–Trinajstić information content (AvgIpc) is 3.79. The minimum atomic E-state index is -1.17. The molecule has 49 heavy (non-hydrogen) atoms. The van der Waals surface area contributed by atoms with Crippen LogP contribution >= 0.6 is 0 Å². The number of rotatable bonds is 13. The fourth-order valence-electron chi connectivity index (χ4n) is 6.09. The second-order valence-corrected chi connectivity index (χ2v) is 12.7. The molecular weight excluding hydrogens is 636 g/mol. The van der Waals surface area contributed by atoms with E-state index in [2.05, 4.69) is 15.6 Å². The van der Waals surface area contributed by atoms with Crippen LogP contribution in [0.25, 0.3) is 10.9 Å². The van der Waals surface area contributed by atoms with E-state index in [1.807, 2.05) is 13.0 Å². The summed E-state index contributed by atoms with van der Waals surface area (Å²) in [5.74, 6) is -2.09. The fourth-order valence-corrected chi connectivity index (χ4v) is 6.09. The van der Waals surface area contributed by atoms with Crippen molar-refractivity contribution < 1.29 is 43.3 Å². The number of nitrogens with one attached hydrogen (secondary N) is 2. The maximum Gasteiger partial charge on any atom is 0.409 e. The Morgan fingerprint density at radius 3 is 2.43 bits per heavy atom. The number of aromatic nitrogens is 1. The lowest BCUT2D eigenvalue weighted by Crippen LogP contribution is -2.56. The van der Waals surface area contributed by atoms with Crippen LogP contribution in [-0.2, 0) is 23.9 Å². The lowest BCUT2D eigenvalue weighted by molar-refractivity contribution is -0.140. The topological polar surface area (TPSA) is 188 Å². The number of aryl methyl sites for hydroxylation is 1. The smallest absolute Gasteiger partial charge is 0.409 e. The van der Waals surface area contributed by atoms with Crippen LogP contribution in [-0.4, -0.2) is 125 Å². The molecule has 1 saturated carbocycles. The largest absolute Gasteiger partial charge is 0.483 e. The molecule has 0 radical (unpaired) electrons. The Labute approximate surface area is 284 Å². The molecule has 2 aliphatic heterocycles. The van der Waals surface area contributed by atoms with E-state index < -0.39 is 36.0 Å². The van der Waals surface area contributed by atoms with Gasteiger partial charge in [-0.05, 0) is 69.6 Å². The highest BCUT2D eigenvalue weighted by atomic mass is 16.6. The van der Waals surface area contributed by atoms with Crippen molar-refractivity contribution in [1.29, 1.82) is 0 Å². The molecular formula is C34H44N6O9.